The molecule has 0 N–H and O–H groups in total. The van der Waals surface area contributed by atoms with Crippen molar-refractivity contribution in [2.24, 2.45) is 29.6 Å². The van der Waals surface area contributed by atoms with Crippen molar-refractivity contribution in [3.8, 4) is 11.5 Å². The van der Waals surface area contributed by atoms with E-state index < -0.39 is 34.9 Å². The van der Waals surface area contributed by atoms with E-state index >= 15 is 17.6 Å². The van der Waals surface area contributed by atoms with Crippen molar-refractivity contribution in [3.63, 3.8) is 0 Å². The smallest absolute Gasteiger partial charge is 0.126 e. The van der Waals surface area contributed by atoms with E-state index in [4.69, 9.17) is 14.2 Å². The van der Waals surface area contributed by atoms with Gasteiger partial charge in [0.05, 0.1) is 29.7 Å². The van der Waals surface area contributed by atoms with Gasteiger partial charge in [-0.25, -0.2) is 17.6 Å². The van der Waals surface area contributed by atoms with Gasteiger partial charge in [0.1, 0.15) is 47.7 Å². The van der Waals surface area contributed by atoms with E-state index in [0.717, 1.165) is 154 Å². The molecule has 0 radical (unpaired) electrons. The van der Waals surface area contributed by atoms with E-state index in [9.17, 15) is 0 Å². The summed E-state index contributed by atoms with van der Waals surface area (Å²) in [7, 11) is 0. The average molecular weight is 1470 g/mol. The van der Waals surface area contributed by atoms with Crippen molar-refractivity contribution in [1.29, 1.82) is 0 Å². The molecular formula is C102H96F4N2O3. The number of benzene rings is 5. The zero-order chi connectivity index (χ0) is 74.9. The van der Waals surface area contributed by atoms with Gasteiger partial charge in [0.2, 0.25) is 0 Å². The molecule has 19 rings (SSSR count). The molecule has 14 aliphatic rings. The number of ether oxygens (including phenoxy) is 3. The molecular weight excluding hydrogens is 1380 g/mol. The average Bonchev–Trinajstić information content (AvgIpc) is 1.55. The number of fused-ring (bicyclic) bond motifs is 7. The molecule has 1 fully saturated rings. The van der Waals surface area contributed by atoms with Gasteiger partial charge in [-0.15, -0.1) is 0 Å². The van der Waals surface area contributed by atoms with Crippen LogP contribution >= 0.6 is 0 Å². The highest BCUT2D eigenvalue weighted by Gasteiger charge is 2.62. The van der Waals surface area contributed by atoms with Crippen LogP contribution in [-0.2, 0) is 15.6 Å². The van der Waals surface area contributed by atoms with Crippen LogP contribution in [0.15, 0.2) is 343 Å². The first-order chi connectivity index (χ1) is 54.5. The maximum Gasteiger partial charge on any atom is 0.126 e. The molecule has 111 heavy (non-hydrogen) atoms. The summed E-state index contributed by atoms with van der Waals surface area (Å²) in [5.74, 6) is -0.150. The number of allylic oxidation sites excluding steroid dienone is 27. The third-order valence-corrected chi connectivity index (χ3v) is 26.8. The highest BCUT2D eigenvalue weighted by atomic mass is 19.2. The minimum atomic E-state index is -1.48. The summed E-state index contributed by atoms with van der Waals surface area (Å²) in [4.78, 5) is 5.21. The molecule has 13 aliphatic carbocycles. The molecule has 0 aromatic heterocycles. The van der Waals surface area contributed by atoms with Crippen molar-refractivity contribution in [1.82, 2.24) is 0 Å². The van der Waals surface area contributed by atoms with Gasteiger partial charge in [-0.2, -0.15) is 0 Å². The number of hydrogen-bond donors (Lipinski definition) is 0. The van der Waals surface area contributed by atoms with Crippen LogP contribution in [-0.4, -0.2) is 54.9 Å². The topological polar surface area (TPSA) is 34.2 Å². The number of nitrogens with zero attached hydrogens (tertiary/aromatic N) is 2. The third kappa shape index (κ3) is 12.5. The molecule has 0 amide bonds. The van der Waals surface area contributed by atoms with Gasteiger partial charge in [-0.3, -0.25) is 0 Å². The molecule has 5 aromatic carbocycles. The van der Waals surface area contributed by atoms with E-state index in [1.165, 1.54) is 11.3 Å². The quantitative estimate of drug-likeness (QED) is 0.0645. The second-order valence-corrected chi connectivity index (χ2v) is 32.7. The van der Waals surface area contributed by atoms with Crippen LogP contribution in [0.2, 0.25) is 0 Å². The summed E-state index contributed by atoms with van der Waals surface area (Å²) < 4.78 is 89.5. The van der Waals surface area contributed by atoms with Crippen LogP contribution in [0.3, 0.4) is 0 Å². The van der Waals surface area contributed by atoms with Gasteiger partial charge >= 0.3 is 0 Å². The van der Waals surface area contributed by atoms with Crippen molar-refractivity contribution < 1.29 is 31.8 Å². The number of halogens is 4. The zero-order valence-corrected chi connectivity index (χ0v) is 62.9. The standard InChI is InChI=1S/C102H96F4N2O3/c1-3-65-35-47-79(48-36-65)109-81-51-41-71(42-52-81)101(99-93(103)31-17-32-94(99)104)89-29-13-11-27-83(89)85-55-39-69(61-91(85)101)67-19-15-25-75(59-67)107(73-21-7-5-8-22-73)77-45-57-87-88-58-46-78(64-98(88)111-97(87)63-77)108(74-23-9-6-10-24-74)76-26-16-20-68(60-76)70-40-56-86-84-28-12-14-30-90(84)102(92(86)62-70,100-95(105)33-18-34-96(100)106)72-43-53-82(54-44-72)110-80-49-37-66(4-2)38-50-80/h3-9,11,14-16,18,20-22,25-27,30-31,33,35-49,51,53-62,67,74,77-78,80-81,86-88,92,95-98,100H,1-2,10,12-13,17,19,23-24,28-29,32,34,50,52,63-64H2. The predicted molar refractivity (Wildman–Crippen MR) is 444 cm³/mol. The molecule has 0 bridgehead atoms. The van der Waals surface area contributed by atoms with Gasteiger partial charge < -0.3 is 24.0 Å². The maximum absolute atomic E-state index is 17.3. The van der Waals surface area contributed by atoms with Crippen molar-refractivity contribution in [2.45, 2.75) is 168 Å². The van der Waals surface area contributed by atoms with Crippen molar-refractivity contribution in [3.05, 3.63) is 377 Å². The molecule has 17 atom stereocenters. The third-order valence-electron chi connectivity index (χ3n) is 26.8. The Morgan fingerprint density at radius 3 is 2.09 bits per heavy atom. The minimum Gasteiger partial charge on any atom is -0.486 e. The van der Waals surface area contributed by atoms with Gasteiger partial charge in [0.25, 0.3) is 0 Å². The lowest BCUT2D eigenvalue weighted by molar-refractivity contribution is 0.0186. The van der Waals surface area contributed by atoms with Gasteiger partial charge in [0, 0.05) is 88.9 Å². The molecule has 0 spiro atoms. The highest BCUT2D eigenvalue weighted by molar-refractivity contribution is 5.92. The monoisotopic (exact) mass is 1470 g/mol. The second-order valence-electron chi connectivity index (χ2n) is 32.7. The molecule has 1 aliphatic heterocycles. The minimum absolute atomic E-state index is 0.00968. The molecule has 5 nitrogen and oxygen atoms in total. The van der Waals surface area contributed by atoms with Crippen LogP contribution in [0.25, 0.3) is 17.2 Å². The summed E-state index contributed by atoms with van der Waals surface area (Å²) in [6, 6.07) is 43.1. The normalized spacial score (nSPS) is 32.5. The first-order valence-electron chi connectivity index (χ1n) is 40.9. The Bertz CT molecular complexity index is 5130. The van der Waals surface area contributed by atoms with Gasteiger partial charge in [-0.1, -0.05) is 231 Å². The second kappa shape index (κ2) is 29.8. The van der Waals surface area contributed by atoms with Crippen molar-refractivity contribution in [2.75, 3.05) is 9.80 Å². The van der Waals surface area contributed by atoms with Crippen LogP contribution in [0.1, 0.15) is 136 Å². The summed E-state index contributed by atoms with van der Waals surface area (Å²) in [6.07, 6.45) is 66.0. The molecule has 1 saturated heterocycles. The molecule has 5 aromatic rings. The molecule has 9 heteroatoms. The Kier molecular flexibility index (Phi) is 19.1. The van der Waals surface area contributed by atoms with Crippen LogP contribution in [0.5, 0.6) is 11.5 Å². The number of para-hydroxylation sites is 1. The van der Waals surface area contributed by atoms with Crippen LogP contribution in [0.4, 0.5) is 28.9 Å². The fourth-order valence-corrected chi connectivity index (χ4v) is 21.9. The number of alkyl halides is 2. The van der Waals surface area contributed by atoms with E-state index in [-0.39, 0.29) is 96.4 Å². The number of rotatable bonds is 18. The molecule has 560 valence electrons. The predicted octanol–water partition coefficient (Wildman–Crippen LogP) is 24.5. The van der Waals surface area contributed by atoms with E-state index in [2.05, 4.69) is 235 Å². The Hall–Kier alpha value is -10.2. The number of hydrogen-bond acceptors (Lipinski definition) is 5. The summed E-state index contributed by atoms with van der Waals surface area (Å²) in [5, 5.41) is 0. The van der Waals surface area contributed by atoms with Gasteiger partial charge in [0.15, 0.2) is 0 Å². The van der Waals surface area contributed by atoms with E-state index in [1.807, 2.05) is 54.6 Å². The first kappa shape index (κ1) is 71.1. The molecule has 0 saturated carbocycles. The number of anilines is 2. The SMILES string of the molecule is C=CC1=CCC(Oc2ccc(C3(C4C(F)C=CCC4F)C4=C(CCC=C4)C4C=CC(c5cccc(N(C6C=CC7C(C6)OC6CC(N(C8=CC(c9ccc%10c(c9)C(C9=CCC(Oc%11ccc(C=C)cc%11)C=C9)(C9=C(F)CCC=C9F)C9=C%10C=CCC9)CC=C8)c8ccccc8)C=CC67)C6CC=CCC6)c5)=CC43)cc2)C=C1. The first-order valence-corrected chi connectivity index (χ1v) is 40.9. The maximum atomic E-state index is 17.3. The summed E-state index contributed by atoms with van der Waals surface area (Å²) in [6.45, 7) is 7.84. The Morgan fingerprint density at radius 2 is 1.34 bits per heavy atom. The summed E-state index contributed by atoms with van der Waals surface area (Å²) >= 11 is 0. The molecule has 17 unspecified atom stereocenters. The van der Waals surface area contributed by atoms with E-state index in [0.29, 0.717) is 19.3 Å². The Labute approximate surface area is 652 Å². The largest absolute Gasteiger partial charge is 0.486 e. The van der Waals surface area contributed by atoms with E-state index in [1.54, 1.807) is 18.2 Å². The fourth-order valence-electron chi connectivity index (χ4n) is 21.9. The van der Waals surface area contributed by atoms with Crippen LogP contribution < -0.4 is 19.3 Å². The lowest BCUT2D eigenvalue weighted by Gasteiger charge is -2.48. The highest BCUT2D eigenvalue weighted by Crippen LogP contribution is 2.65. The molecule has 1 heterocycles. The Balaban J connectivity index is 0.600. The van der Waals surface area contributed by atoms with Crippen molar-refractivity contribution >= 4 is 28.6 Å². The van der Waals surface area contributed by atoms with Gasteiger partial charge in [-0.05, 0) is 217 Å². The zero-order valence-electron chi connectivity index (χ0n) is 62.9. The Morgan fingerprint density at radius 1 is 0.577 bits per heavy atom. The lowest BCUT2D eigenvalue weighted by Crippen LogP contribution is -2.51. The lowest BCUT2D eigenvalue weighted by atomic mass is 9.55. The summed E-state index contributed by atoms with van der Waals surface area (Å²) in [5.41, 5.74) is 15.0. The fraction of sp³-hybridized carbons (Fsp3) is 0.314. The van der Waals surface area contributed by atoms with Crippen LogP contribution in [0, 0.1) is 29.6 Å².